The van der Waals surface area contributed by atoms with Crippen LogP contribution in [-0.4, -0.2) is 4.57 Å². The Morgan fingerprint density at radius 2 is 2.00 bits per heavy atom. The van der Waals surface area contributed by atoms with Gasteiger partial charge >= 0.3 is 5.76 Å². The van der Waals surface area contributed by atoms with Gasteiger partial charge in [-0.15, -0.1) is 0 Å². The van der Waals surface area contributed by atoms with Gasteiger partial charge in [0.05, 0.1) is 5.52 Å². The van der Waals surface area contributed by atoms with Crippen LogP contribution in [0.2, 0.25) is 0 Å². The van der Waals surface area contributed by atoms with Gasteiger partial charge in [-0.1, -0.05) is 26.8 Å². The van der Waals surface area contributed by atoms with Crippen LogP contribution in [0.15, 0.2) is 27.4 Å². The maximum absolute atomic E-state index is 11.5. The first kappa shape index (κ1) is 11.0. The maximum atomic E-state index is 11.5. The van der Waals surface area contributed by atoms with E-state index >= 15 is 0 Å². The Morgan fingerprint density at radius 3 is 2.56 bits per heavy atom. The number of oxazole rings is 1. The van der Waals surface area contributed by atoms with E-state index in [0.717, 1.165) is 5.52 Å². The molecule has 0 atom stereocenters. The normalized spacial score (nSPS) is 12.2. The van der Waals surface area contributed by atoms with Crippen LogP contribution in [0.25, 0.3) is 11.1 Å². The third kappa shape index (κ3) is 1.66. The summed E-state index contributed by atoms with van der Waals surface area (Å²) >= 11 is 0. The molecule has 0 spiro atoms. The number of hydrogen-bond acceptors (Lipinski definition) is 2. The van der Waals surface area contributed by atoms with E-state index in [0.29, 0.717) is 12.1 Å². The van der Waals surface area contributed by atoms with Crippen LogP contribution in [0.3, 0.4) is 0 Å². The Bertz CT molecular complexity index is 570. The number of nitrogens with zero attached hydrogens (tertiary/aromatic N) is 1. The lowest BCUT2D eigenvalue weighted by atomic mass is 9.87. The van der Waals surface area contributed by atoms with E-state index in [1.54, 1.807) is 4.57 Å². The summed E-state index contributed by atoms with van der Waals surface area (Å²) in [6, 6.07) is 5.98. The first-order valence-corrected chi connectivity index (χ1v) is 5.57. The van der Waals surface area contributed by atoms with E-state index in [1.807, 2.05) is 19.1 Å². The van der Waals surface area contributed by atoms with Crippen molar-refractivity contribution in [1.29, 1.82) is 0 Å². The lowest BCUT2D eigenvalue weighted by Crippen LogP contribution is -2.12. The quantitative estimate of drug-likeness (QED) is 0.739. The molecule has 0 fully saturated rings. The summed E-state index contributed by atoms with van der Waals surface area (Å²) in [6.45, 7) is 9.00. The fourth-order valence-corrected chi connectivity index (χ4v) is 1.83. The molecule has 3 heteroatoms. The van der Waals surface area contributed by atoms with Crippen molar-refractivity contribution in [1.82, 2.24) is 4.57 Å². The van der Waals surface area contributed by atoms with Gasteiger partial charge < -0.3 is 4.42 Å². The molecule has 0 radical (unpaired) electrons. The van der Waals surface area contributed by atoms with Crippen molar-refractivity contribution in [3.63, 3.8) is 0 Å². The van der Waals surface area contributed by atoms with Gasteiger partial charge in [-0.2, -0.15) is 0 Å². The largest absolute Gasteiger partial charge is 0.419 e. The monoisotopic (exact) mass is 219 g/mol. The molecular formula is C13H17NO2. The highest BCUT2D eigenvalue weighted by Gasteiger charge is 2.16. The lowest BCUT2D eigenvalue weighted by Gasteiger charge is -2.18. The van der Waals surface area contributed by atoms with Gasteiger partial charge in [-0.05, 0) is 30.0 Å². The van der Waals surface area contributed by atoms with Crippen LogP contribution in [0.4, 0.5) is 0 Å². The molecule has 16 heavy (non-hydrogen) atoms. The molecule has 86 valence electrons. The van der Waals surface area contributed by atoms with Crippen molar-refractivity contribution in [2.45, 2.75) is 39.7 Å². The number of benzene rings is 1. The second-order valence-electron chi connectivity index (χ2n) is 5.04. The van der Waals surface area contributed by atoms with Gasteiger partial charge in [-0.25, -0.2) is 4.79 Å². The standard InChI is InChI=1S/C13H17NO2/c1-5-14-10-7-6-9(13(2,3)4)8-11(10)16-12(14)15/h6-8H,5H2,1-4H3. The molecule has 0 aliphatic rings. The molecule has 1 aromatic heterocycles. The first-order valence-electron chi connectivity index (χ1n) is 5.57. The highest BCUT2D eigenvalue weighted by Crippen LogP contribution is 2.25. The van der Waals surface area contributed by atoms with E-state index in [4.69, 9.17) is 4.42 Å². The minimum absolute atomic E-state index is 0.0705. The second kappa shape index (κ2) is 3.51. The number of aryl methyl sites for hydroxylation is 1. The van der Waals surface area contributed by atoms with Crippen molar-refractivity contribution in [2.24, 2.45) is 0 Å². The van der Waals surface area contributed by atoms with E-state index in [-0.39, 0.29) is 11.2 Å². The molecule has 0 saturated heterocycles. The van der Waals surface area contributed by atoms with Gasteiger partial charge in [-0.3, -0.25) is 4.57 Å². The number of rotatable bonds is 1. The highest BCUT2D eigenvalue weighted by molar-refractivity contribution is 5.74. The van der Waals surface area contributed by atoms with Crippen molar-refractivity contribution in [2.75, 3.05) is 0 Å². The summed E-state index contributed by atoms with van der Waals surface area (Å²) in [4.78, 5) is 11.5. The molecule has 0 amide bonds. The van der Waals surface area contributed by atoms with Crippen molar-refractivity contribution in [3.8, 4) is 0 Å². The Hall–Kier alpha value is -1.51. The van der Waals surface area contributed by atoms with Crippen LogP contribution in [0.1, 0.15) is 33.3 Å². The molecule has 0 aliphatic heterocycles. The van der Waals surface area contributed by atoms with Crippen molar-refractivity contribution in [3.05, 3.63) is 34.3 Å². The number of hydrogen-bond donors (Lipinski definition) is 0. The molecule has 0 bridgehead atoms. The third-order valence-electron chi connectivity index (χ3n) is 2.85. The van der Waals surface area contributed by atoms with Crippen LogP contribution in [0.5, 0.6) is 0 Å². The minimum Gasteiger partial charge on any atom is -0.408 e. The summed E-state index contributed by atoms with van der Waals surface area (Å²) in [7, 11) is 0. The van der Waals surface area contributed by atoms with E-state index in [1.165, 1.54) is 5.56 Å². The molecule has 0 unspecified atom stereocenters. The molecular weight excluding hydrogens is 202 g/mol. The topological polar surface area (TPSA) is 35.1 Å². The summed E-state index contributed by atoms with van der Waals surface area (Å²) in [5.41, 5.74) is 2.80. The van der Waals surface area contributed by atoms with Crippen LogP contribution < -0.4 is 5.76 Å². The fourth-order valence-electron chi connectivity index (χ4n) is 1.83. The van der Waals surface area contributed by atoms with E-state index < -0.39 is 0 Å². The predicted octanol–water partition coefficient (Wildman–Crippen LogP) is 2.91. The average Bonchev–Trinajstić information content (AvgIpc) is 2.50. The zero-order valence-corrected chi connectivity index (χ0v) is 10.2. The number of aromatic nitrogens is 1. The smallest absolute Gasteiger partial charge is 0.408 e. The third-order valence-corrected chi connectivity index (χ3v) is 2.85. The fraction of sp³-hybridized carbons (Fsp3) is 0.462. The lowest BCUT2D eigenvalue weighted by molar-refractivity contribution is 0.511. The van der Waals surface area contributed by atoms with Crippen LogP contribution >= 0.6 is 0 Å². The molecule has 1 heterocycles. The minimum atomic E-state index is -0.274. The first-order chi connectivity index (χ1) is 7.43. The predicted molar refractivity (Wildman–Crippen MR) is 64.8 cm³/mol. The van der Waals surface area contributed by atoms with Gasteiger partial charge in [0.1, 0.15) is 0 Å². The van der Waals surface area contributed by atoms with Crippen molar-refractivity contribution >= 4 is 11.1 Å². The SMILES string of the molecule is CCn1c(=O)oc2cc(C(C)(C)C)ccc21. The summed E-state index contributed by atoms with van der Waals surface area (Å²) in [5, 5.41) is 0. The summed E-state index contributed by atoms with van der Waals surface area (Å²) in [6.07, 6.45) is 0. The highest BCUT2D eigenvalue weighted by atomic mass is 16.4. The van der Waals surface area contributed by atoms with Crippen molar-refractivity contribution < 1.29 is 4.42 Å². The molecule has 2 rings (SSSR count). The van der Waals surface area contributed by atoms with Gasteiger partial charge in [0.15, 0.2) is 5.58 Å². The van der Waals surface area contributed by atoms with Crippen LogP contribution in [0, 0.1) is 0 Å². The maximum Gasteiger partial charge on any atom is 0.419 e. The summed E-state index contributed by atoms with van der Waals surface area (Å²) < 4.78 is 6.87. The van der Waals surface area contributed by atoms with Gasteiger partial charge in [0, 0.05) is 6.54 Å². The van der Waals surface area contributed by atoms with Gasteiger partial charge in [0.25, 0.3) is 0 Å². The Morgan fingerprint density at radius 1 is 1.31 bits per heavy atom. The zero-order valence-electron chi connectivity index (χ0n) is 10.2. The van der Waals surface area contributed by atoms with E-state index in [9.17, 15) is 4.79 Å². The second-order valence-corrected chi connectivity index (χ2v) is 5.04. The van der Waals surface area contributed by atoms with E-state index in [2.05, 4.69) is 26.8 Å². The molecule has 0 saturated carbocycles. The number of fused-ring (bicyclic) bond motifs is 1. The van der Waals surface area contributed by atoms with Gasteiger partial charge in [0.2, 0.25) is 0 Å². The Labute approximate surface area is 94.7 Å². The molecule has 1 aromatic carbocycles. The molecule has 3 nitrogen and oxygen atoms in total. The zero-order chi connectivity index (χ0) is 11.9. The van der Waals surface area contributed by atoms with Crippen LogP contribution in [-0.2, 0) is 12.0 Å². The molecule has 0 N–H and O–H groups in total. The molecule has 0 aliphatic carbocycles. The Kier molecular flexibility index (Phi) is 2.41. The molecule has 2 aromatic rings. The Balaban J connectivity index is 2.70. The average molecular weight is 219 g/mol. The summed E-state index contributed by atoms with van der Waals surface area (Å²) in [5.74, 6) is -0.274.